The first-order valence-electron chi connectivity index (χ1n) is 8.88. The van der Waals surface area contributed by atoms with Crippen molar-refractivity contribution < 1.29 is 18.7 Å². The molecule has 1 N–H and O–H groups in total. The minimum absolute atomic E-state index is 0.0403. The van der Waals surface area contributed by atoms with Gasteiger partial charge in [0, 0.05) is 36.5 Å². The fraction of sp³-hybridized carbons (Fsp3) is 0.238. The molecule has 1 aromatic heterocycles. The van der Waals surface area contributed by atoms with Crippen molar-refractivity contribution in [2.45, 2.75) is 19.9 Å². The van der Waals surface area contributed by atoms with E-state index in [0.29, 0.717) is 23.5 Å². The van der Waals surface area contributed by atoms with Gasteiger partial charge in [-0.25, -0.2) is 0 Å². The highest BCUT2D eigenvalue weighted by Crippen LogP contribution is 2.30. The van der Waals surface area contributed by atoms with Crippen LogP contribution in [0.25, 0.3) is 11.0 Å². The number of nitrogens with one attached hydrogen (secondary N) is 1. The number of carbonyl (C=O) groups is 2. The lowest BCUT2D eigenvalue weighted by Crippen LogP contribution is -2.28. The molecule has 0 unspecified atom stereocenters. The van der Waals surface area contributed by atoms with Gasteiger partial charge in [0.25, 0.3) is 11.8 Å². The number of rotatable bonds is 4. The maximum Gasteiger partial charge on any atom is 0.262 e. The zero-order chi connectivity index (χ0) is 19.0. The Labute approximate surface area is 156 Å². The standard InChI is InChI=1S/C21H20N2O4/c1-3-17-15(14-6-4-5-7-18(14)27-17)11-23(2)21(25)13-8-9-16-19(10-13)26-12-20(24)22-16/h4-10H,3,11-12H2,1-2H3,(H,22,24). The van der Waals surface area contributed by atoms with Gasteiger partial charge in [-0.1, -0.05) is 25.1 Å². The number of amides is 2. The summed E-state index contributed by atoms with van der Waals surface area (Å²) in [6, 6.07) is 12.9. The predicted octanol–water partition coefficient (Wildman–Crippen LogP) is 3.60. The van der Waals surface area contributed by atoms with Gasteiger partial charge in [-0.2, -0.15) is 0 Å². The molecule has 6 nitrogen and oxygen atoms in total. The lowest BCUT2D eigenvalue weighted by Gasteiger charge is -2.21. The summed E-state index contributed by atoms with van der Waals surface area (Å²) in [7, 11) is 1.77. The van der Waals surface area contributed by atoms with E-state index in [4.69, 9.17) is 9.15 Å². The van der Waals surface area contributed by atoms with Gasteiger partial charge in [0.2, 0.25) is 0 Å². The average Bonchev–Trinajstić information content (AvgIpc) is 3.04. The molecule has 0 radical (unpaired) electrons. The monoisotopic (exact) mass is 364 g/mol. The molecule has 3 aromatic rings. The quantitative estimate of drug-likeness (QED) is 0.768. The molecule has 27 heavy (non-hydrogen) atoms. The van der Waals surface area contributed by atoms with Gasteiger partial charge in [0.1, 0.15) is 17.1 Å². The number of carbonyl (C=O) groups excluding carboxylic acids is 2. The number of fused-ring (bicyclic) bond motifs is 2. The van der Waals surface area contributed by atoms with Crippen LogP contribution in [0.3, 0.4) is 0 Å². The van der Waals surface area contributed by atoms with E-state index in [1.165, 1.54) is 0 Å². The summed E-state index contributed by atoms with van der Waals surface area (Å²) in [5, 5.41) is 3.76. The molecule has 0 saturated carbocycles. The van der Waals surface area contributed by atoms with E-state index in [1.54, 1.807) is 30.1 Å². The third kappa shape index (κ3) is 3.14. The first-order chi connectivity index (χ1) is 13.1. The van der Waals surface area contributed by atoms with Crippen molar-refractivity contribution in [3.05, 3.63) is 59.4 Å². The highest BCUT2D eigenvalue weighted by molar-refractivity contribution is 5.99. The van der Waals surface area contributed by atoms with Crippen molar-refractivity contribution in [1.82, 2.24) is 4.90 Å². The van der Waals surface area contributed by atoms with Crippen molar-refractivity contribution in [3.8, 4) is 5.75 Å². The maximum absolute atomic E-state index is 12.9. The Kier molecular flexibility index (Phi) is 4.32. The van der Waals surface area contributed by atoms with Crippen LogP contribution in [0.15, 0.2) is 46.9 Å². The number of nitrogens with zero attached hydrogens (tertiary/aromatic N) is 1. The molecule has 2 amide bonds. The number of benzene rings is 2. The van der Waals surface area contributed by atoms with Crippen LogP contribution in [-0.4, -0.2) is 30.4 Å². The third-order valence-electron chi connectivity index (χ3n) is 4.71. The van der Waals surface area contributed by atoms with Gasteiger partial charge in [-0.15, -0.1) is 0 Å². The van der Waals surface area contributed by atoms with E-state index in [9.17, 15) is 9.59 Å². The molecule has 138 valence electrons. The average molecular weight is 364 g/mol. The number of ether oxygens (including phenoxy) is 1. The second-order valence-electron chi connectivity index (χ2n) is 6.56. The Morgan fingerprint density at radius 2 is 2.04 bits per heavy atom. The summed E-state index contributed by atoms with van der Waals surface area (Å²) in [4.78, 5) is 26.0. The third-order valence-corrected chi connectivity index (χ3v) is 4.71. The molecule has 0 bridgehead atoms. The van der Waals surface area contributed by atoms with E-state index in [1.807, 2.05) is 31.2 Å². The van der Waals surface area contributed by atoms with Crippen LogP contribution in [0.1, 0.15) is 28.6 Å². The molecule has 1 aliphatic rings. The normalized spacial score (nSPS) is 13.0. The second-order valence-corrected chi connectivity index (χ2v) is 6.56. The molecule has 2 aromatic carbocycles. The largest absolute Gasteiger partial charge is 0.482 e. The fourth-order valence-electron chi connectivity index (χ4n) is 3.35. The van der Waals surface area contributed by atoms with Crippen LogP contribution in [0, 0.1) is 0 Å². The zero-order valence-corrected chi connectivity index (χ0v) is 15.2. The Balaban J connectivity index is 1.59. The van der Waals surface area contributed by atoms with E-state index in [2.05, 4.69) is 5.32 Å². The van der Waals surface area contributed by atoms with E-state index in [0.717, 1.165) is 28.7 Å². The highest BCUT2D eigenvalue weighted by atomic mass is 16.5. The minimum Gasteiger partial charge on any atom is -0.482 e. The first kappa shape index (κ1) is 17.1. The van der Waals surface area contributed by atoms with E-state index in [-0.39, 0.29) is 18.4 Å². The van der Waals surface area contributed by atoms with Gasteiger partial charge in [-0.3, -0.25) is 9.59 Å². The van der Waals surface area contributed by atoms with Gasteiger partial charge < -0.3 is 19.4 Å². The number of para-hydroxylation sites is 1. The summed E-state index contributed by atoms with van der Waals surface area (Å²) in [6.07, 6.45) is 0.762. The van der Waals surface area contributed by atoms with Crippen molar-refractivity contribution in [3.63, 3.8) is 0 Å². The molecular weight excluding hydrogens is 344 g/mol. The predicted molar refractivity (Wildman–Crippen MR) is 102 cm³/mol. The van der Waals surface area contributed by atoms with Crippen molar-refractivity contribution in [1.29, 1.82) is 0 Å². The van der Waals surface area contributed by atoms with Crippen LogP contribution >= 0.6 is 0 Å². The van der Waals surface area contributed by atoms with E-state index < -0.39 is 0 Å². The van der Waals surface area contributed by atoms with Crippen LogP contribution in [0.5, 0.6) is 5.75 Å². The molecule has 0 atom stereocenters. The molecule has 2 heterocycles. The molecule has 0 aliphatic carbocycles. The highest BCUT2D eigenvalue weighted by Gasteiger charge is 2.21. The van der Waals surface area contributed by atoms with Gasteiger partial charge in [0.05, 0.1) is 5.69 Å². The Morgan fingerprint density at radius 3 is 2.85 bits per heavy atom. The number of aryl methyl sites for hydroxylation is 1. The Bertz CT molecular complexity index is 1040. The smallest absolute Gasteiger partial charge is 0.262 e. The fourth-order valence-corrected chi connectivity index (χ4v) is 3.35. The van der Waals surface area contributed by atoms with Crippen LogP contribution in [0.2, 0.25) is 0 Å². The molecule has 4 rings (SSSR count). The number of hydrogen-bond donors (Lipinski definition) is 1. The lowest BCUT2D eigenvalue weighted by molar-refractivity contribution is -0.118. The van der Waals surface area contributed by atoms with E-state index >= 15 is 0 Å². The van der Waals surface area contributed by atoms with Crippen molar-refractivity contribution in [2.24, 2.45) is 0 Å². The van der Waals surface area contributed by atoms with Gasteiger partial charge >= 0.3 is 0 Å². The molecule has 0 fully saturated rings. The maximum atomic E-state index is 12.9. The zero-order valence-electron chi connectivity index (χ0n) is 15.2. The van der Waals surface area contributed by atoms with Crippen molar-refractivity contribution >= 4 is 28.5 Å². The van der Waals surface area contributed by atoms with Crippen molar-refractivity contribution in [2.75, 3.05) is 19.0 Å². The summed E-state index contributed by atoms with van der Waals surface area (Å²) in [5.74, 6) is 1.09. The minimum atomic E-state index is -0.197. The van der Waals surface area contributed by atoms with Crippen LogP contribution in [0.4, 0.5) is 5.69 Å². The first-order valence-corrected chi connectivity index (χ1v) is 8.88. The Morgan fingerprint density at radius 1 is 1.22 bits per heavy atom. The lowest BCUT2D eigenvalue weighted by atomic mass is 10.1. The molecule has 0 saturated heterocycles. The molecule has 0 spiro atoms. The number of anilines is 1. The molecular formula is C21H20N2O4. The van der Waals surface area contributed by atoms with Gasteiger partial charge in [0.15, 0.2) is 6.61 Å². The summed E-state index contributed by atoms with van der Waals surface area (Å²) < 4.78 is 11.3. The summed E-state index contributed by atoms with van der Waals surface area (Å²) in [6.45, 7) is 2.45. The number of furan rings is 1. The second kappa shape index (κ2) is 6.79. The summed E-state index contributed by atoms with van der Waals surface area (Å²) >= 11 is 0. The molecule has 6 heteroatoms. The SMILES string of the molecule is CCc1oc2ccccc2c1CN(C)C(=O)c1ccc2c(c1)OCC(=O)N2. The summed E-state index contributed by atoms with van der Waals surface area (Å²) in [5.41, 5.74) is 2.96. The number of hydrogen-bond acceptors (Lipinski definition) is 4. The van der Waals surface area contributed by atoms with Gasteiger partial charge in [-0.05, 0) is 24.3 Å². The van der Waals surface area contributed by atoms with Crippen LogP contribution in [-0.2, 0) is 17.8 Å². The Hall–Kier alpha value is -3.28. The molecule has 1 aliphatic heterocycles. The topological polar surface area (TPSA) is 71.8 Å². The van der Waals surface area contributed by atoms with Crippen LogP contribution < -0.4 is 10.1 Å².